The van der Waals surface area contributed by atoms with Gasteiger partial charge in [-0.1, -0.05) is 6.07 Å². The number of H-pyrrole nitrogens is 1. The Hall–Kier alpha value is -4.05. The second kappa shape index (κ2) is 8.60. The van der Waals surface area contributed by atoms with Gasteiger partial charge in [0, 0.05) is 24.3 Å². The van der Waals surface area contributed by atoms with Crippen LogP contribution in [0.4, 0.5) is 5.69 Å². The van der Waals surface area contributed by atoms with Crippen molar-refractivity contribution in [2.45, 2.75) is 20.0 Å². The van der Waals surface area contributed by atoms with Crippen molar-refractivity contribution in [2.75, 3.05) is 19.5 Å². The first-order valence-corrected chi connectivity index (χ1v) is 9.91. The van der Waals surface area contributed by atoms with Crippen LogP contribution in [0.3, 0.4) is 0 Å². The number of rotatable bonds is 7. The molecule has 0 saturated heterocycles. The van der Waals surface area contributed by atoms with Gasteiger partial charge in [-0.25, -0.2) is 9.97 Å². The topological polar surface area (TPSA) is 155 Å². The van der Waals surface area contributed by atoms with Crippen LogP contribution in [0.15, 0.2) is 36.7 Å². The molecule has 4 rings (SSSR count). The molecule has 5 N–H and O–H groups in total. The van der Waals surface area contributed by atoms with E-state index in [1.165, 1.54) is 0 Å². The van der Waals surface area contributed by atoms with Gasteiger partial charge in [-0.2, -0.15) is 10.1 Å². The molecule has 0 fully saturated rings. The van der Waals surface area contributed by atoms with Crippen molar-refractivity contribution in [1.29, 1.82) is 0 Å². The molecule has 0 radical (unpaired) electrons. The van der Waals surface area contributed by atoms with E-state index >= 15 is 0 Å². The minimum Gasteiger partial charge on any atom is -0.458 e. The van der Waals surface area contributed by atoms with E-state index in [-0.39, 0.29) is 23.5 Å². The van der Waals surface area contributed by atoms with E-state index < -0.39 is 5.91 Å². The van der Waals surface area contributed by atoms with Crippen molar-refractivity contribution in [3.63, 3.8) is 0 Å². The highest BCUT2D eigenvalue weighted by Gasteiger charge is 2.20. The van der Waals surface area contributed by atoms with E-state index in [0.717, 1.165) is 22.0 Å². The minimum atomic E-state index is -0.734. The van der Waals surface area contributed by atoms with Crippen LogP contribution < -0.4 is 16.2 Å². The molecule has 1 aromatic carbocycles. The lowest BCUT2D eigenvalue weighted by molar-refractivity contribution is 0.0856. The lowest BCUT2D eigenvalue weighted by atomic mass is 9.94. The number of carbonyl (C=O) groups is 1. The zero-order valence-corrected chi connectivity index (χ0v) is 17.9. The predicted molar refractivity (Wildman–Crippen MR) is 120 cm³/mol. The number of amides is 1. The van der Waals surface area contributed by atoms with Crippen molar-refractivity contribution in [2.24, 2.45) is 5.73 Å². The molecule has 0 aliphatic heterocycles. The molecule has 4 aromatic rings. The molecule has 10 heteroatoms. The van der Waals surface area contributed by atoms with Crippen LogP contribution in [-0.4, -0.2) is 50.9 Å². The van der Waals surface area contributed by atoms with Gasteiger partial charge in [-0.3, -0.25) is 9.89 Å². The lowest BCUT2D eigenvalue weighted by Gasteiger charge is -2.15. The van der Waals surface area contributed by atoms with Crippen LogP contribution in [-0.2, 0) is 4.74 Å². The molecule has 1 amide bonds. The number of anilines is 1. The zero-order chi connectivity index (χ0) is 22.8. The number of primary amides is 1. The van der Waals surface area contributed by atoms with Gasteiger partial charge in [-0.05, 0) is 43.2 Å². The number of hydrogen-bond acceptors (Lipinski definition) is 8. The Morgan fingerprint density at radius 3 is 2.78 bits per heavy atom. The van der Waals surface area contributed by atoms with Gasteiger partial charge in [0.15, 0.2) is 5.69 Å². The van der Waals surface area contributed by atoms with E-state index in [4.69, 9.17) is 20.9 Å². The number of benzene rings is 1. The highest BCUT2D eigenvalue weighted by Crippen LogP contribution is 2.37. The Kier molecular flexibility index (Phi) is 5.69. The van der Waals surface area contributed by atoms with Gasteiger partial charge >= 0.3 is 6.01 Å². The summed E-state index contributed by atoms with van der Waals surface area (Å²) in [5.74, 6) is -0.734. The molecule has 0 aliphatic carbocycles. The number of hydrogen-bond donors (Lipinski definition) is 3. The van der Waals surface area contributed by atoms with E-state index in [1.54, 1.807) is 31.6 Å². The van der Waals surface area contributed by atoms with Gasteiger partial charge in [0.25, 0.3) is 5.91 Å². The smallest absolute Gasteiger partial charge is 0.317 e. The maximum absolute atomic E-state index is 12.2. The Bertz CT molecular complexity index is 1300. The normalized spacial score (nSPS) is 12.1. The molecule has 0 aliphatic rings. The Balaban J connectivity index is 1.89. The van der Waals surface area contributed by atoms with Crippen LogP contribution >= 0.6 is 0 Å². The number of methoxy groups -OCH3 is 1. The number of pyridine rings is 1. The summed E-state index contributed by atoms with van der Waals surface area (Å²) in [5, 5.41) is 7.95. The summed E-state index contributed by atoms with van der Waals surface area (Å²) < 4.78 is 10.8. The van der Waals surface area contributed by atoms with Gasteiger partial charge in [0.2, 0.25) is 0 Å². The fraction of sp³-hybridized carbons (Fsp3) is 0.227. The zero-order valence-electron chi connectivity index (χ0n) is 17.9. The predicted octanol–water partition coefficient (Wildman–Crippen LogP) is 2.49. The summed E-state index contributed by atoms with van der Waals surface area (Å²) in [6, 6.07) is 7.51. The standard InChI is InChI=1S/C22H23N7O3/c1-11-4-5-15-14(9-26-29-15)18(11)13-8-17(27-20(19(13)23)21(24)30)16-6-7-25-22(28-16)32-12(2)10-31-3/h4-9,12H,10,23H2,1-3H3,(H2,24,30)(H,26,29)/t12-/m1/s1. The monoisotopic (exact) mass is 433 g/mol. The molecule has 164 valence electrons. The number of nitrogens with one attached hydrogen (secondary N) is 1. The van der Waals surface area contributed by atoms with Crippen molar-refractivity contribution in [1.82, 2.24) is 25.1 Å². The number of nitrogens with two attached hydrogens (primary N) is 2. The average Bonchev–Trinajstić information content (AvgIpc) is 3.23. The van der Waals surface area contributed by atoms with Crippen LogP contribution in [0, 0.1) is 6.92 Å². The van der Waals surface area contributed by atoms with Crippen molar-refractivity contribution < 1.29 is 14.3 Å². The molecular weight excluding hydrogens is 410 g/mol. The van der Waals surface area contributed by atoms with Gasteiger partial charge in [0.1, 0.15) is 6.10 Å². The molecular formula is C22H23N7O3. The van der Waals surface area contributed by atoms with Crippen molar-refractivity contribution in [3.05, 3.63) is 47.9 Å². The molecule has 3 aromatic heterocycles. The number of nitrogens with zero attached hydrogens (tertiary/aromatic N) is 4. The third-order valence-corrected chi connectivity index (χ3v) is 5.00. The summed E-state index contributed by atoms with van der Waals surface area (Å²) in [4.78, 5) is 25.1. The second-order valence-electron chi connectivity index (χ2n) is 7.38. The Morgan fingerprint density at radius 2 is 2.03 bits per heavy atom. The molecule has 0 unspecified atom stereocenters. The summed E-state index contributed by atoms with van der Waals surface area (Å²) in [7, 11) is 1.59. The van der Waals surface area contributed by atoms with Crippen LogP contribution in [0.5, 0.6) is 6.01 Å². The Morgan fingerprint density at radius 1 is 1.22 bits per heavy atom. The third-order valence-electron chi connectivity index (χ3n) is 5.00. The number of aromatic nitrogens is 5. The van der Waals surface area contributed by atoms with E-state index in [0.29, 0.717) is 23.6 Å². The number of ether oxygens (including phenoxy) is 2. The fourth-order valence-electron chi connectivity index (χ4n) is 3.55. The maximum Gasteiger partial charge on any atom is 0.317 e. The molecule has 0 bridgehead atoms. The summed E-state index contributed by atoms with van der Waals surface area (Å²) in [5.41, 5.74) is 16.2. The van der Waals surface area contributed by atoms with Crippen molar-refractivity contribution >= 4 is 22.5 Å². The van der Waals surface area contributed by atoms with Gasteiger partial charge in [-0.15, -0.1) is 0 Å². The number of fused-ring (bicyclic) bond motifs is 1. The first kappa shape index (κ1) is 21.2. The molecule has 32 heavy (non-hydrogen) atoms. The fourth-order valence-corrected chi connectivity index (χ4v) is 3.55. The van der Waals surface area contributed by atoms with Crippen LogP contribution in [0.1, 0.15) is 23.0 Å². The van der Waals surface area contributed by atoms with Crippen LogP contribution in [0.2, 0.25) is 0 Å². The molecule has 3 heterocycles. The van der Waals surface area contributed by atoms with E-state index in [2.05, 4.69) is 25.1 Å². The number of nitrogen functional groups attached to an aromatic ring is 1. The SMILES string of the molecule is COC[C@@H](C)Oc1nccc(-c2cc(-c3c(C)ccc4[nH]ncc34)c(N)c(C(N)=O)n2)n1. The molecule has 10 nitrogen and oxygen atoms in total. The lowest BCUT2D eigenvalue weighted by Crippen LogP contribution is -2.19. The first-order chi connectivity index (χ1) is 15.4. The van der Waals surface area contributed by atoms with E-state index in [9.17, 15) is 4.79 Å². The summed E-state index contributed by atoms with van der Waals surface area (Å²) in [6.45, 7) is 4.19. The van der Waals surface area contributed by atoms with Crippen LogP contribution in [0.25, 0.3) is 33.4 Å². The van der Waals surface area contributed by atoms with Gasteiger partial charge < -0.3 is 20.9 Å². The minimum absolute atomic E-state index is 0.0359. The van der Waals surface area contributed by atoms with Crippen molar-refractivity contribution in [3.8, 4) is 28.5 Å². The quantitative estimate of drug-likeness (QED) is 0.401. The largest absolute Gasteiger partial charge is 0.458 e. The summed E-state index contributed by atoms with van der Waals surface area (Å²) >= 11 is 0. The van der Waals surface area contributed by atoms with Gasteiger partial charge in [0.05, 0.1) is 35.4 Å². The second-order valence-corrected chi connectivity index (χ2v) is 7.38. The van der Waals surface area contributed by atoms with E-state index in [1.807, 2.05) is 26.0 Å². The average molecular weight is 433 g/mol. The number of aromatic amines is 1. The highest BCUT2D eigenvalue weighted by atomic mass is 16.5. The number of carbonyl (C=O) groups excluding carboxylic acids is 1. The number of aryl methyl sites for hydroxylation is 1. The summed E-state index contributed by atoms with van der Waals surface area (Å²) in [6.07, 6.45) is 3.03. The first-order valence-electron chi connectivity index (χ1n) is 9.91. The molecule has 1 atom stereocenters. The maximum atomic E-state index is 12.2. The Labute approximate surface area is 184 Å². The molecule has 0 saturated carbocycles. The molecule has 0 spiro atoms. The third kappa shape index (κ3) is 3.95. The highest BCUT2D eigenvalue weighted by molar-refractivity contribution is 6.05.